The lowest BCUT2D eigenvalue weighted by atomic mass is 9.88. The lowest BCUT2D eigenvalue weighted by molar-refractivity contribution is -0.143. The standard InChI is InChI=1S/C9H12N2O3S/c1-2-6-10-7(15-11-6)9(8(12)13)3-4-14-5-9/h2-5H2,1H3,(H,12,13). The van der Waals surface area contributed by atoms with Crippen molar-refractivity contribution < 1.29 is 14.6 Å². The zero-order valence-corrected chi connectivity index (χ0v) is 9.21. The van der Waals surface area contributed by atoms with Crippen molar-refractivity contribution in [2.24, 2.45) is 0 Å². The number of nitrogens with zero attached hydrogens (tertiary/aromatic N) is 2. The molecule has 15 heavy (non-hydrogen) atoms. The molecular formula is C9H12N2O3S. The normalized spacial score (nSPS) is 25.7. The molecule has 0 aliphatic carbocycles. The van der Waals surface area contributed by atoms with Crippen molar-refractivity contribution in [1.29, 1.82) is 0 Å². The Hall–Kier alpha value is -1.01. The summed E-state index contributed by atoms with van der Waals surface area (Å²) < 4.78 is 9.30. The van der Waals surface area contributed by atoms with Gasteiger partial charge in [0.05, 0.1) is 6.61 Å². The summed E-state index contributed by atoms with van der Waals surface area (Å²) in [5.74, 6) is -0.152. The Labute approximate surface area is 91.3 Å². The van der Waals surface area contributed by atoms with Crippen molar-refractivity contribution in [3.63, 3.8) is 0 Å². The number of carbonyl (C=O) groups is 1. The van der Waals surface area contributed by atoms with Gasteiger partial charge >= 0.3 is 5.97 Å². The predicted molar refractivity (Wildman–Crippen MR) is 54.0 cm³/mol. The third-order valence-corrected chi connectivity index (χ3v) is 3.58. The van der Waals surface area contributed by atoms with E-state index in [1.807, 2.05) is 6.92 Å². The molecule has 0 spiro atoms. The van der Waals surface area contributed by atoms with Crippen molar-refractivity contribution >= 4 is 17.5 Å². The van der Waals surface area contributed by atoms with E-state index >= 15 is 0 Å². The molecule has 6 heteroatoms. The van der Waals surface area contributed by atoms with Crippen molar-refractivity contribution in [2.45, 2.75) is 25.2 Å². The molecule has 1 saturated heterocycles. The van der Waals surface area contributed by atoms with Gasteiger partial charge in [-0.15, -0.1) is 0 Å². The van der Waals surface area contributed by atoms with E-state index in [1.165, 1.54) is 11.5 Å². The number of hydrogen-bond donors (Lipinski definition) is 1. The fourth-order valence-corrected chi connectivity index (χ4v) is 2.52. The Bertz CT molecular complexity index is 371. The van der Waals surface area contributed by atoms with Crippen molar-refractivity contribution in [3.8, 4) is 0 Å². The topological polar surface area (TPSA) is 72.3 Å². The summed E-state index contributed by atoms with van der Waals surface area (Å²) >= 11 is 1.18. The highest BCUT2D eigenvalue weighted by atomic mass is 32.1. The van der Waals surface area contributed by atoms with E-state index < -0.39 is 11.4 Å². The number of aromatic nitrogens is 2. The van der Waals surface area contributed by atoms with Gasteiger partial charge in [-0.25, -0.2) is 4.98 Å². The number of ether oxygens (including phenoxy) is 1. The Morgan fingerprint density at radius 1 is 1.73 bits per heavy atom. The van der Waals surface area contributed by atoms with Crippen LogP contribution in [0.25, 0.3) is 0 Å². The van der Waals surface area contributed by atoms with Crippen LogP contribution in [0.5, 0.6) is 0 Å². The molecule has 1 aliphatic heterocycles. The molecule has 0 radical (unpaired) electrons. The third kappa shape index (κ3) is 1.63. The van der Waals surface area contributed by atoms with Crippen molar-refractivity contribution in [2.75, 3.05) is 13.2 Å². The number of hydrogen-bond acceptors (Lipinski definition) is 5. The van der Waals surface area contributed by atoms with Crippen LogP contribution in [0, 0.1) is 0 Å². The lowest BCUT2D eigenvalue weighted by Crippen LogP contribution is -2.36. The second kappa shape index (κ2) is 3.86. The van der Waals surface area contributed by atoms with Gasteiger partial charge in [0.1, 0.15) is 16.2 Å². The highest BCUT2D eigenvalue weighted by Gasteiger charge is 2.47. The fraction of sp³-hybridized carbons (Fsp3) is 0.667. The minimum atomic E-state index is -0.953. The SMILES string of the molecule is CCc1nsc(C2(C(=O)O)CCOC2)n1. The Morgan fingerprint density at radius 2 is 2.53 bits per heavy atom. The smallest absolute Gasteiger partial charge is 0.319 e. The molecule has 1 atom stereocenters. The van der Waals surface area contributed by atoms with Gasteiger partial charge < -0.3 is 9.84 Å². The average Bonchev–Trinajstić information content (AvgIpc) is 2.87. The molecule has 1 unspecified atom stereocenters. The quantitative estimate of drug-likeness (QED) is 0.830. The number of aliphatic carboxylic acids is 1. The maximum atomic E-state index is 11.3. The van der Waals surface area contributed by atoms with Gasteiger partial charge in [0, 0.05) is 13.0 Å². The molecule has 0 aromatic carbocycles. The lowest BCUT2D eigenvalue weighted by Gasteiger charge is -2.17. The van der Waals surface area contributed by atoms with Gasteiger partial charge in [-0.05, 0) is 18.0 Å². The summed E-state index contributed by atoms with van der Waals surface area (Å²) in [6.07, 6.45) is 1.22. The highest BCUT2D eigenvalue weighted by molar-refractivity contribution is 7.05. The fourth-order valence-electron chi connectivity index (χ4n) is 1.59. The van der Waals surface area contributed by atoms with Crippen molar-refractivity contribution in [3.05, 3.63) is 10.8 Å². The number of rotatable bonds is 3. The Kier molecular flexibility index (Phi) is 2.70. The first-order valence-corrected chi connectivity index (χ1v) is 5.60. The van der Waals surface area contributed by atoms with Gasteiger partial charge in [-0.1, -0.05) is 6.92 Å². The molecule has 2 rings (SSSR count). The highest BCUT2D eigenvalue weighted by Crippen LogP contribution is 2.34. The van der Waals surface area contributed by atoms with Gasteiger partial charge in [-0.2, -0.15) is 4.37 Å². The zero-order chi connectivity index (χ0) is 10.9. The molecule has 82 valence electrons. The predicted octanol–water partition coefficient (Wildman–Crippen LogP) is 0.843. The minimum absolute atomic E-state index is 0.209. The maximum absolute atomic E-state index is 11.3. The van der Waals surface area contributed by atoms with E-state index in [1.54, 1.807) is 0 Å². The molecule has 1 N–H and O–H groups in total. The summed E-state index contributed by atoms with van der Waals surface area (Å²) in [6.45, 7) is 2.64. The van der Waals surface area contributed by atoms with Crippen LogP contribution in [0.15, 0.2) is 0 Å². The summed E-state index contributed by atoms with van der Waals surface area (Å²) in [5.41, 5.74) is -0.953. The van der Waals surface area contributed by atoms with Gasteiger partial charge in [0.2, 0.25) is 0 Å². The molecule has 1 aromatic rings. The van der Waals surface area contributed by atoms with E-state index in [2.05, 4.69) is 9.36 Å². The summed E-state index contributed by atoms with van der Waals surface area (Å²) in [4.78, 5) is 15.5. The van der Waals surface area contributed by atoms with Crippen molar-refractivity contribution in [1.82, 2.24) is 9.36 Å². The number of carboxylic acid groups (broad SMARTS) is 1. The molecule has 0 bridgehead atoms. The van der Waals surface area contributed by atoms with E-state index in [0.29, 0.717) is 23.9 Å². The summed E-state index contributed by atoms with van der Waals surface area (Å²) in [6, 6.07) is 0. The van der Waals surface area contributed by atoms with Gasteiger partial charge in [0.25, 0.3) is 0 Å². The number of aryl methyl sites for hydroxylation is 1. The molecule has 5 nitrogen and oxygen atoms in total. The van der Waals surface area contributed by atoms with Crippen LogP contribution < -0.4 is 0 Å². The monoisotopic (exact) mass is 228 g/mol. The molecular weight excluding hydrogens is 216 g/mol. The minimum Gasteiger partial charge on any atom is -0.480 e. The van der Waals surface area contributed by atoms with E-state index in [-0.39, 0.29) is 6.61 Å². The van der Waals surface area contributed by atoms with Crippen LogP contribution >= 0.6 is 11.5 Å². The molecule has 0 saturated carbocycles. The molecule has 1 aliphatic rings. The summed E-state index contributed by atoms with van der Waals surface area (Å²) in [5, 5.41) is 9.83. The zero-order valence-electron chi connectivity index (χ0n) is 8.39. The molecule has 1 fully saturated rings. The van der Waals surface area contributed by atoms with Crippen LogP contribution in [0.3, 0.4) is 0 Å². The van der Waals surface area contributed by atoms with Gasteiger partial charge in [-0.3, -0.25) is 4.79 Å². The first kappa shape index (κ1) is 10.5. The van der Waals surface area contributed by atoms with Crippen LogP contribution in [0.2, 0.25) is 0 Å². The summed E-state index contributed by atoms with van der Waals surface area (Å²) in [7, 11) is 0. The molecule has 0 amide bonds. The Balaban J connectivity index is 2.36. The van der Waals surface area contributed by atoms with E-state index in [4.69, 9.17) is 4.74 Å². The second-order valence-corrected chi connectivity index (χ2v) is 4.31. The van der Waals surface area contributed by atoms with Crippen LogP contribution in [-0.2, 0) is 21.4 Å². The first-order valence-electron chi connectivity index (χ1n) is 4.83. The van der Waals surface area contributed by atoms with Crippen LogP contribution in [-0.4, -0.2) is 33.6 Å². The maximum Gasteiger partial charge on any atom is 0.319 e. The van der Waals surface area contributed by atoms with Crippen LogP contribution in [0.4, 0.5) is 0 Å². The first-order chi connectivity index (χ1) is 7.19. The van der Waals surface area contributed by atoms with E-state index in [9.17, 15) is 9.90 Å². The van der Waals surface area contributed by atoms with Crippen LogP contribution in [0.1, 0.15) is 24.2 Å². The third-order valence-electron chi connectivity index (χ3n) is 2.62. The Morgan fingerprint density at radius 3 is 3.00 bits per heavy atom. The second-order valence-electron chi connectivity index (χ2n) is 3.56. The largest absolute Gasteiger partial charge is 0.480 e. The van der Waals surface area contributed by atoms with E-state index in [0.717, 1.165) is 6.42 Å². The number of carboxylic acids is 1. The van der Waals surface area contributed by atoms with Gasteiger partial charge in [0.15, 0.2) is 0 Å². The molecule has 1 aromatic heterocycles. The molecule has 2 heterocycles. The average molecular weight is 228 g/mol.